The average molecular weight is 386 g/mol. The Balaban J connectivity index is 1.73. The molecule has 0 amide bonds. The van der Waals surface area contributed by atoms with Gasteiger partial charge in [0.25, 0.3) is 0 Å². The van der Waals surface area contributed by atoms with Gasteiger partial charge in [-0.2, -0.15) is 0 Å². The Morgan fingerprint density at radius 2 is 1.96 bits per heavy atom. The predicted octanol–water partition coefficient (Wildman–Crippen LogP) is 4.58. The highest BCUT2D eigenvalue weighted by Gasteiger charge is 2.41. The van der Waals surface area contributed by atoms with Crippen LogP contribution in [0, 0.1) is 0 Å². The van der Waals surface area contributed by atoms with Gasteiger partial charge in [0.05, 0.1) is 12.2 Å². The number of thioether (sulfide) groups is 1. The molecule has 1 aromatic carbocycles. The molecule has 3 rings (SSSR count). The molecule has 1 unspecified atom stereocenters. The van der Waals surface area contributed by atoms with Crippen molar-refractivity contribution >= 4 is 23.5 Å². The second-order valence-corrected chi connectivity index (χ2v) is 7.77. The molecule has 2 heterocycles. The molecule has 4 nitrogen and oxygen atoms in total. The molecule has 27 heavy (non-hydrogen) atoms. The standard InChI is InChI=1S/C22H27NO3S/c1-3-4-5-9-14-26-22(25)17-12-13-23-18(17)15-19(27-2)20(23)21(24)16-10-7-6-8-11-16/h6-8,10-11,15,20H,3-5,9,12-14H2,1-2H3. The Hall–Kier alpha value is -2.01. The minimum absolute atomic E-state index is 0.0837. The number of fused-ring (bicyclic) bond motifs is 1. The van der Waals surface area contributed by atoms with Crippen LogP contribution in [0.2, 0.25) is 0 Å². The van der Waals surface area contributed by atoms with E-state index in [4.69, 9.17) is 4.74 Å². The van der Waals surface area contributed by atoms with Gasteiger partial charge in [0, 0.05) is 22.7 Å². The summed E-state index contributed by atoms with van der Waals surface area (Å²) in [6.07, 6.45) is 8.95. The summed E-state index contributed by atoms with van der Waals surface area (Å²) in [5.74, 6) is -0.145. The predicted molar refractivity (Wildman–Crippen MR) is 110 cm³/mol. The van der Waals surface area contributed by atoms with E-state index in [0.717, 1.165) is 29.9 Å². The number of ketones is 1. The number of esters is 1. The highest BCUT2D eigenvalue weighted by molar-refractivity contribution is 8.02. The number of rotatable bonds is 9. The van der Waals surface area contributed by atoms with Crippen LogP contribution in [-0.4, -0.2) is 42.1 Å². The first-order valence-electron chi connectivity index (χ1n) is 9.69. The molecule has 0 N–H and O–H groups in total. The summed E-state index contributed by atoms with van der Waals surface area (Å²) in [5.41, 5.74) is 2.28. The van der Waals surface area contributed by atoms with Crippen molar-refractivity contribution < 1.29 is 14.3 Å². The number of nitrogens with zero attached hydrogens (tertiary/aromatic N) is 1. The largest absolute Gasteiger partial charge is 0.462 e. The van der Waals surface area contributed by atoms with Crippen LogP contribution in [0.4, 0.5) is 0 Å². The summed E-state index contributed by atoms with van der Waals surface area (Å²) in [6, 6.07) is 9.05. The summed E-state index contributed by atoms with van der Waals surface area (Å²) >= 11 is 1.57. The maximum Gasteiger partial charge on any atom is 0.336 e. The summed E-state index contributed by atoms with van der Waals surface area (Å²) in [7, 11) is 0. The zero-order valence-electron chi connectivity index (χ0n) is 16.1. The molecule has 2 aliphatic heterocycles. The van der Waals surface area contributed by atoms with Crippen LogP contribution in [-0.2, 0) is 9.53 Å². The SMILES string of the molecule is CCCCCCOC(=O)C1=C2C=C(SC)C(C(=O)c3ccccc3)N2CC1. The van der Waals surface area contributed by atoms with E-state index in [1.54, 1.807) is 11.8 Å². The Morgan fingerprint density at radius 3 is 2.67 bits per heavy atom. The van der Waals surface area contributed by atoms with Crippen LogP contribution >= 0.6 is 11.8 Å². The van der Waals surface area contributed by atoms with Crippen molar-refractivity contribution in [1.82, 2.24) is 4.90 Å². The van der Waals surface area contributed by atoms with Gasteiger partial charge in [0.2, 0.25) is 0 Å². The summed E-state index contributed by atoms with van der Waals surface area (Å²) in [6.45, 7) is 3.31. The third-order valence-corrected chi connectivity index (χ3v) is 5.91. The van der Waals surface area contributed by atoms with Gasteiger partial charge in [-0.05, 0) is 25.2 Å². The summed E-state index contributed by atoms with van der Waals surface area (Å²) in [4.78, 5) is 28.7. The number of carbonyl (C=O) groups excluding carboxylic acids is 2. The maximum absolute atomic E-state index is 13.1. The van der Waals surface area contributed by atoms with Crippen molar-refractivity contribution in [2.45, 2.75) is 45.1 Å². The first kappa shape index (κ1) is 19.7. The Labute approximate surface area is 165 Å². The average Bonchev–Trinajstić information content (AvgIpc) is 3.26. The topological polar surface area (TPSA) is 46.6 Å². The van der Waals surface area contributed by atoms with Crippen molar-refractivity contribution in [3.63, 3.8) is 0 Å². The molecule has 0 fully saturated rings. The number of Topliss-reactive ketones (excluding diaryl/α,β-unsaturated/α-hetero) is 1. The number of hydrogen-bond donors (Lipinski definition) is 0. The Kier molecular flexibility index (Phi) is 6.78. The molecule has 2 aliphatic rings. The normalized spacial score (nSPS) is 18.5. The Morgan fingerprint density at radius 1 is 1.19 bits per heavy atom. The van der Waals surface area contributed by atoms with Crippen LogP contribution in [0.1, 0.15) is 49.4 Å². The van der Waals surface area contributed by atoms with E-state index in [2.05, 4.69) is 11.8 Å². The lowest BCUT2D eigenvalue weighted by molar-refractivity contribution is -0.139. The number of unbranched alkanes of at least 4 members (excludes halogenated alkanes) is 3. The van der Waals surface area contributed by atoms with E-state index < -0.39 is 0 Å². The van der Waals surface area contributed by atoms with Gasteiger partial charge < -0.3 is 9.64 Å². The number of benzene rings is 1. The lowest BCUT2D eigenvalue weighted by Crippen LogP contribution is -2.36. The number of ether oxygens (including phenoxy) is 1. The molecule has 1 atom stereocenters. The highest BCUT2D eigenvalue weighted by atomic mass is 32.2. The van der Waals surface area contributed by atoms with Crippen LogP contribution in [0.25, 0.3) is 0 Å². The van der Waals surface area contributed by atoms with Gasteiger partial charge in [-0.25, -0.2) is 4.79 Å². The fourth-order valence-electron chi connectivity index (χ4n) is 3.65. The fraction of sp³-hybridized carbons (Fsp3) is 0.455. The van der Waals surface area contributed by atoms with Crippen LogP contribution < -0.4 is 0 Å². The van der Waals surface area contributed by atoms with Gasteiger partial charge in [-0.3, -0.25) is 4.79 Å². The van der Waals surface area contributed by atoms with E-state index in [-0.39, 0.29) is 17.8 Å². The quantitative estimate of drug-likeness (QED) is 0.354. The zero-order chi connectivity index (χ0) is 19.2. The van der Waals surface area contributed by atoms with Gasteiger partial charge in [-0.1, -0.05) is 56.5 Å². The molecular weight excluding hydrogens is 358 g/mol. The second-order valence-electron chi connectivity index (χ2n) is 6.89. The van der Waals surface area contributed by atoms with E-state index in [0.29, 0.717) is 30.7 Å². The third-order valence-electron chi connectivity index (χ3n) is 5.10. The molecule has 0 spiro atoms. The van der Waals surface area contributed by atoms with Crippen LogP contribution in [0.5, 0.6) is 0 Å². The molecule has 0 saturated heterocycles. The molecule has 0 aliphatic carbocycles. The molecule has 0 saturated carbocycles. The van der Waals surface area contributed by atoms with Crippen LogP contribution in [0.15, 0.2) is 52.6 Å². The van der Waals surface area contributed by atoms with E-state index in [1.807, 2.05) is 42.7 Å². The third kappa shape index (κ3) is 4.29. The van der Waals surface area contributed by atoms with Crippen LogP contribution in [0.3, 0.4) is 0 Å². The lowest BCUT2D eigenvalue weighted by Gasteiger charge is -2.25. The van der Waals surface area contributed by atoms with E-state index in [1.165, 1.54) is 6.42 Å². The minimum atomic E-state index is -0.327. The van der Waals surface area contributed by atoms with Crippen molar-refractivity contribution in [3.05, 3.63) is 58.1 Å². The van der Waals surface area contributed by atoms with Crippen molar-refractivity contribution in [2.75, 3.05) is 19.4 Å². The Bertz CT molecular complexity index is 754. The first-order valence-corrected chi connectivity index (χ1v) is 10.9. The number of carbonyl (C=O) groups is 2. The van der Waals surface area contributed by atoms with Crippen molar-refractivity contribution in [3.8, 4) is 0 Å². The molecule has 0 bridgehead atoms. The van der Waals surface area contributed by atoms with Crippen molar-refractivity contribution in [1.29, 1.82) is 0 Å². The van der Waals surface area contributed by atoms with Gasteiger partial charge >= 0.3 is 5.97 Å². The zero-order valence-corrected chi connectivity index (χ0v) is 16.9. The monoisotopic (exact) mass is 385 g/mol. The fourth-order valence-corrected chi connectivity index (χ4v) is 4.34. The second kappa shape index (κ2) is 9.27. The summed E-state index contributed by atoms with van der Waals surface area (Å²) < 4.78 is 5.49. The molecule has 5 heteroatoms. The molecular formula is C22H27NO3S. The smallest absolute Gasteiger partial charge is 0.336 e. The van der Waals surface area contributed by atoms with Gasteiger partial charge in [0.15, 0.2) is 5.78 Å². The molecule has 1 aromatic rings. The molecule has 0 aromatic heterocycles. The van der Waals surface area contributed by atoms with E-state index >= 15 is 0 Å². The van der Waals surface area contributed by atoms with Gasteiger partial charge in [0.1, 0.15) is 6.04 Å². The highest BCUT2D eigenvalue weighted by Crippen LogP contribution is 2.40. The van der Waals surface area contributed by atoms with Crippen molar-refractivity contribution in [2.24, 2.45) is 0 Å². The first-order chi connectivity index (χ1) is 13.2. The van der Waals surface area contributed by atoms with Gasteiger partial charge in [-0.15, -0.1) is 11.8 Å². The summed E-state index contributed by atoms with van der Waals surface area (Å²) in [5, 5.41) is 0. The molecule has 0 radical (unpaired) electrons. The number of hydrogen-bond acceptors (Lipinski definition) is 5. The minimum Gasteiger partial charge on any atom is -0.462 e. The lowest BCUT2D eigenvalue weighted by atomic mass is 10.0. The van der Waals surface area contributed by atoms with E-state index in [9.17, 15) is 9.59 Å². The number of allylic oxidation sites excluding steroid dienone is 1. The maximum atomic E-state index is 13.1. The molecule has 144 valence electrons.